The minimum Gasteiger partial charge on any atom is -0.117 e. The molecular weight excluding hydrogens is 96.1 g/mol. The van der Waals surface area contributed by atoms with Crippen molar-refractivity contribution in [3.05, 3.63) is 29.0 Å². The number of fused-ring (bicyclic) bond motifs is 1. The zero-order valence-electron chi connectivity index (χ0n) is 4.78. The van der Waals surface area contributed by atoms with E-state index in [0.29, 0.717) is 0 Å². The van der Waals surface area contributed by atoms with Crippen LogP contribution in [0.15, 0.2) is 29.0 Å². The Labute approximate surface area is 49.2 Å². The lowest BCUT2D eigenvalue weighted by Gasteiger charge is -1.85. The van der Waals surface area contributed by atoms with Crippen LogP contribution < -0.4 is 0 Å². The summed E-state index contributed by atoms with van der Waals surface area (Å²) < 4.78 is 0. The van der Waals surface area contributed by atoms with Crippen LogP contribution in [-0.4, -0.2) is 0 Å². The van der Waals surface area contributed by atoms with Crippen molar-refractivity contribution >= 4 is 0 Å². The molecule has 0 nitrogen and oxygen atoms in total. The number of rotatable bonds is 0. The molecule has 0 spiro atoms. The molecule has 0 amide bonds. The molecule has 8 heavy (non-hydrogen) atoms. The van der Waals surface area contributed by atoms with E-state index < -0.39 is 0 Å². The minimum absolute atomic E-state index is 1.27. The van der Waals surface area contributed by atoms with Gasteiger partial charge in [0.05, 0.1) is 0 Å². The monoisotopic (exact) mass is 104 g/mol. The summed E-state index contributed by atoms with van der Waals surface area (Å²) in [5.74, 6) is 0. The molecule has 0 atom stereocenters. The van der Waals surface area contributed by atoms with Gasteiger partial charge in [-0.2, -0.15) is 0 Å². The maximum Gasteiger partial charge on any atom is -0.00280 e. The fourth-order valence-electron chi connectivity index (χ4n) is 1.36. The number of hydrogen-bond donors (Lipinski definition) is 0. The number of allylic oxidation sites excluding steroid dienone is 3. The highest BCUT2D eigenvalue weighted by atomic mass is 14.2. The van der Waals surface area contributed by atoms with Gasteiger partial charge in [-0.1, -0.05) is 6.08 Å². The first kappa shape index (κ1) is 4.17. The Morgan fingerprint density at radius 1 is 1.38 bits per heavy atom. The van der Waals surface area contributed by atoms with E-state index in [1.165, 1.54) is 30.4 Å². The molecule has 0 aromatic heterocycles. The Morgan fingerprint density at radius 3 is 3.25 bits per heavy atom. The predicted octanol–water partition coefficient (Wildman–Crippen LogP) is 2.19. The van der Waals surface area contributed by atoms with E-state index in [4.69, 9.17) is 0 Å². The minimum atomic E-state index is 1.27. The molecule has 0 unspecified atom stereocenters. The molecular formula is C8H8. The van der Waals surface area contributed by atoms with Crippen molar-refractivity contribution in [1.82, 2.24) is 0 Å². The van der Waals surface area contributed by atoms with Crippen LogP contribution in [0, 0.1) is 0 Å². The molecule has 0 heteroatoms. The van der Waals surface area contributed by atoms with E-state index in [1.807, 2.05) is 6.08 Å². The summed E-state index contributed by atoms with van der Waals surface area (Å²) in [6.45, 7) is 0. The molecule has 0 heterocycles. The molecule has 40 valence electrons. The van der Waals surface area contributed by atoms with Gasteiger partial charge in [0.1, 0.15) is 0 Å². The van der Waals surface area contributed by atoms with Crippen molar-refractivity contribution in [3.63, 3.8) is 0 Å². The molecule has 0 aromatic rings. The van der Waals surface area contributed by atoms with Gasteiger partial charge in [0.15, 0.2) is 0 Å². The summed E-state index contributed by atoms with van der Waals surface area (Å²) in [4.78, 5) is 0. The molecule has 0 saturated heterocycles. The van der Waals surface area contributed by atoms with E-state index in [0.717, 1.165) is 0 Å². The van der Waals surface area contributed by atoms with Crippen LogP contribution in [0.5, 0.6) is 0 Å². The number of hydrogen-bond acceptors (Lipinski definition) is 0. The lowest BCUT2D eigenvalue weighted by Crippen LogP contribution is -1.67. The summed E-state index contributed by atoms with van der Waals surface area (Å²) in [5, 5.41) is 0. The molecule has 2 aliphatic carbocycles. The van der Waals surface area contributed by atoms with Crippen molar-refractivity contribution < 1.29 is 0 Å². The van der Waals surface area contributed by atoms with E-state index in [-0.39, 0.29) is 0 Å². The third kappa shape index (κ3) is 0.410. The fraction of sp³-hybridized carbons (Fsp3) is 0.375. The molecule has 0 aromatic carbocycles. The zero-order chi connectivity index (χ0) is 5.40. The van der Waals surface area contributed by atoms with Crippen LogP contribution in [0.4, 0.5) is 0 Å². The van der Waals surface area contributed by atoms with E-state index in [1.54, 1.807) is 0 Å². The van der Waals surface area contributed by atoms with Gasteiger partial charge in [0.25, 0.3) is 0 Å². The van der Waals surface area contributed by atoms with Crippen LogP contribution >= 0.6 is 0 Å². The van der Waals surface area contributed by atoms with Gasteiger partial charge in [-0.05, 0) is 36.5 Å². The van der Waals surface area contributed by atoms with Crippen molar-refractivity contribution in [2.24, 2.45) is 0 Å². The smallest absolute Gasteiger partial charge is 0.00280 e. The van der Waals surface area contributed by atoms with E-state index in [9.17, 15) is 0 Å². The molecule has 0 bridgehead atoms. The van der Waals surface area contributed by atoms with Gasteiger partial charge in [-0.3, -0.25) is 0 Å². The first-order valence-corrected chi connectivity index (χ1v) is 3.12. The van der Waals surface area contributed by atoms with Crippen LogP contribution in [0.2, 0.25) is 0 Å². The maximum absolute atomic E-state index is 3.22. The Bertz CT molecular complexity index is 200. The van der Waals surface area contributed by atoms with E-state index in [2.05, 4.69) is 11.8 Å². The van der Waals surface area contributed by atoms with Crippen molar-refractivity contribution in [1.29, 1.82) is 0 Å². The van der Waals surface area contributed by atoms with Crippen LogP contribution in [0.25, 0.3) is 0 Å². The average Bonchev–Trinajstić information content (AvgIpc) is 2.15. The van der Waals surface area contributed by atoms with Crippen molar-refractivity contribution in [2.45, 2.75) is 19.3 Å². The second-order valence-corrected chi connectivity index (χ2v) is 2.34. The van der Waals surface area contributed by atoms with Crippen molar-refractivity contribution in [2.75, 3.05) is 0 Å². The molecule has 1 fully saturated rings. The SMILES string of the molecule is C1=CC=C2CCCC=12. The highest BCUT2D eigenvalue weighted by Gasteiger charge is 2.13. The molecule has 1 saturated carbocycles. The quantitative estimate of drug-likeness (QED) is 0.413. The molecule has 0 N–H and O–H groups in total. The maximum atomic E-state index is 3.22. The standard InChI is InChI=1S/C8H8/c1-3-7-5-2-6-8(7)4-1/h1,3H,2,5-6H2. The van der Waals surface area contributed by atoms with Gasteiger partial charge in [0.2, 0.25) is 0 Å². The predicted molar refractivity (Wildman–Crippen MR) is 33.5 cm³/mol. The molecule has 2 rings (SSSR count). The highest BCUT2D eigenvalue weighted by molar-refractivity contribution is 5.41. The van der Waals surface area contributed by atoms with Gasteiger partial charge in [-0.15, -0.1) is 5.73 Å². The van der Waals surface area contributed by atoms with Gasteiger partial charge >= 0.3 is 0 Å². The summed E-state index contributed by atoms with van der Waals surface area (Å²) in [7, 11) is 0. The molecule has 2 aliphatic rings. The largest absolute Gasteiger partial charge is 0.117 e. The lowest BCUT2D eigenvalue weighted by atomic mass is 10.2. The third-order valence-electron chi connectivity index (χ3n) is 1.80. The van der Waals surface area contributed by atoms with Crippen LogP contribution in [-0.2, 0) is 0 Å². The van der Waals surface area contributed by atoms with Crippen molar-refractivity contribution in [3.8, 4) is 0 Å². The van der Waals surface area contributed by atoms with Crippen LogP contribution in [0.3, 0.4) is 0 Å². The van der Waals surface area contributed by atoms with Crippen LogP contribution in [0.1, 0.15) is 19.3 Å². The second kappa shape index (κ2) is 1.37. The lowest BCUT2D eigenvalue weighted by molar-refractivity contribution is 0.932. The van der Waals surface area contributed by atoms with E-state index >= 15 is 0 Å². The first-order chi connectivity index (χ1) is 3.97. The summed E-state index contributed by atoms with van der Waals surface area (Å²) in [5.41, 5.74) is 6.21. The Hall–Kier alpha value is -0.740. The summed E-state index contributed by atoms with van der Waals surface area (Å²) in [6, 6.07) is 0. The highest BCUT2D eigenvalue weighted by Crippen LogP contribution is 2.31. The fourth-order valence-corrected chi connectivity index (χ4v) is 1.36. The third-order valence-corrected chi connectivity index (χ3v) is 1.80. The first-order valence-electron chi connectivity index (χ1n) is 3.12. The second-order valence-electron chi connectivity index (χ2n) is 2.34. The Balaban J connectivity index is 2.49. The molecule has 0 aliphatic heterocycles. The zero-order valence-corrected chi connectivity index (χ0v) is 4.78. The summed E-state index contributed by atoms with van der Waals surface area (Å²) >= 11 is 0. The molecule has 0 radical (unpaired) electrons. The average molecular weight is 104 g/mol. The van der Waals surface area contributed by atoms with Gasteiger partial charge in [-0.25, -0.2) is 0 Å². The van der Waals surface area contributed by atoms with Gasteiger partial charge in [0, 0.05) is 0 Å². The van der Waals surface area contributed by atoms with Gasteiger partial charge < -0.3 is 0 Å². The normalized spacial score (nSPS) is 23.0. The topological polar surface area (TPSA) is 0 Å². The Kier molecular flexibility index (Phi) is 0.712. The Morgan fingerprint density at radius 2 is 2.38 bits per heavy atom. The summed E-state index contributed by atoms with van der Waals surface area (Å²) in [6.07, 6.45) is 8.12.